The first kappa shape index (κ1) is 34.0. The van der Waals surface area contributed by atoms with E-state index < -0.39 is 44.2 Å². The number of rotatable bonds is 8. The van der Waals surface area contributed by atoms with Crippen molar-refractivity contribution in [2.45, 2.75) is 30.6 Å². The molecule has 1 fully saturated rings. The van der Waals surface area contributed by atoms with Crippen molar-refractivity contribution in [1.29, 1.82) is 0 Å². The van der Waals surface area contributed by atoms with Gasteiger partial charge in [0.1, 0.15) is 7.05 Å². The van der Waals surface area contributed by atoms with Gasteiger partial charge in [-0.05, 0) is 36.2 Å². The quantitative estimate of drug-likeness (QED) is 0.0665. The topological polar surface area (TPSA) is 188 Å². The molecule has 1 saturated heterocycles. The van der Waals surface area contributed by atoms with Crippen LogP contribution in [-0.2, 0) is 58.1 Å². The molecule has 5 rings (SSSR count). The summed E-state index contributed by atoms with van der Waals surface area (Å²) in [6.45, 7) is 0. The van der Waals surface area contributed by atoms with Gasteiger partial charge in [-0.3, -0.25) is 19.2 Å². The van der Waals surface area contributed by atoms with Gasteiger partial charge < -0.3 is 9.39 Å². The zero-order valence-corrected chi connectivity index (χ0v) is 25.9. The largest absolute Gasteiger partial charge is 0.722 e. The molecular weight excluding hydrogens is 649 g/mol. The molecule has 0 bridgehead atoms. The number of halogens is 1. The van der Waals surface area contributed by atoms with E-state index in [1.807, 2.05) is 35.9 Å². The summed E-state index contributed by atoms with van der Waals surface area (Å²) in [4.78, 5) is 59.1. The van der Waals surface area contributed by atoms with Gasteiger partial charge in [-0.1, -0.05) is 36.4 Å². The number of aryl methyl sites for hydroxylation is 2. The zero-order chi connectivity index (χ0) is 33.8. The maximum absolute atomic E-state index is 13.9. The van der Waals surface area contributed by atoms with Gasteiger partial charge in [-0.2, -0.15) is 13.0 Å². The number of para-hydroxylation sites is 2. The van der Waals surface area contributed by atoms with Gasteiger partial charge in [0, 0.05) is 25.0 Å². The predicted octanol–water partition coefficient (Wildman–Crippen LogP) is 2.17. The number of carbonyl (C=O) groups excluding carboxylic acids is 4. The molecule has 0 unspecified atom stereocenters. The molecule has 46 heavy (non-hydrogen) atoms. The minimum atomic E-state index is -5.42. The molecule has 17 heteroatoms. The molecule has 3 aromatic carbocycles. The number of amides is 3. The fourth-order valence-electron chi connectivity index (χ4n) is 4.82. The van der Waals surface area contributed by atoms with E-state index in [-0.39, 0.29) is 36.1 Å². The molecule has 0 aliphatic carbocycles. The van der Waals surface area contributed by atoms with Gasteiger partial charge in [0.15, 0.2) is 0 Å². The molecule has 1 aliphatic heterocycles. The number of sulfonamides is 1. The van der Waals surface area contributed by atoms with E-state index in [1.165, 1.54) is 24.3 Å². The third kappa shape index (κ3) is 7.51. The lowest BCUT2D eigenvalue weighted by atomic mass is 10.0. The molecular formula is C29H26FN3O11S2. The van der Waals surface area contributed by atoms with E-state index >= 15 is 0 Å². The molecule has 242 valence electrons. The molecule has 0 atom stereocenters. The summed E-state index contributed by atoms with van der Waals surface area (Å²) in [5.74, 6) is -2.75. The Labute approximate surface area is 262 Å². The van der Waals surface area contributed by atoms with Crippen molar-refractivity contribution in [1.82, 2.24) is 9.53 Å². The number of hydrogen-bond acceptors (Lipinski definition) is 11. The standard InChI is InChI=1S/C29H26N3O8S.FHO3S/c1-30-23-9-5-3-7-21(23)28(22-8-4-6-10-24(22)30)29(36)32(39-2)41(37,38)20-14-11-19(12-15-20)13-18-27(35)40-31-25(33)16-17-26(31)34;1-5(2,3)4/h3-12,14-15H,13,16-18H2,1-2H3;(H,2,3,4)/q+1;/p-1. The number of benzene rings is 3. The highest BCUT2D eigenvalue weighted by Gasteiger charge is 2.35. The Morgan fingerprint density at radius 3 is 1.85 bits per heavy atom. The van der Waals surface area contributed by atoms with E-state index in [1.54, 1.807) is 24.3 Å². The van der Waals surface area contributed by atoms with E-state index in [0.29, 0.717) is 25.9 Å². The van der Waals surface area contributed by atoms with Crippen LogP contribution in [-0.4, -0.2) is 61.7 Å². The smallest absolute Gasteiger partial charge is 0.333 e. The Hall–Kier alpha value is -4.84. The third-order valence-electron chi connectivity index (χ3n) is 6.87. The molecule has 0 saturated carbocycles. The second-order valence-electron chi connectivity index (χ2n) is 9.77. The summed E-state index contributed by atoms with van der Waals surface area (Å²) >= 11 is 0. The van der Waals surface area contributed by atoms with Crippen LogP contribution in [0.4, 0.5) is 3.89 Å². The SMILES string of the molecule is CON(C(=O)c1c2ccccc2[n+](C)c2ccccc12)S(=O)(=O)c1ccc(CCC(=O)ON2C(=O)CCC2=O)cc1.O=S(=O)([O-])F. The van der Waals surface area contributed by atoms with Crippen LogP contribution in [0.25, 0.3) is 21.8 Å². The summed E-state index contributed by atoms with van der Waals surface area (Å²) in [6, 6.07) is 20.0. The summed E-state index contributed by atoms with van der Waals surface area (Å²) in [7, 11) is -6.88. The molecule has 0 radical (unpaired) electrons. The third-order valence-corrected chi connectivity index (χ3v) is 8.49. The normalized spacial score (nSPS) is 13.4. The van der Waals surface area contributed by atoms with Crippen LogP contribution in [0.2, 0.25) is 0 Å². The van der Waals surface area contributed by atoms with Crippen molar-refractivity contribution in [2.24, 2.45) is 7.05 Å². The summed E-state index contributed by atoms with van der Waals surface area (Å²) in [5, 5.41) is 1.61. The molecule has 14 nitrogen and oxygen atoms in total. The van der Waals surface area contributed by atoms with Crippen LogP contribution < -0.4 is 4.57 Å². The first-order valence-corrected chi connectivity index (χ1v) is 16.1. The Balaban J connectivity index is 0.000000892. The number of carbonyl (C=O) groups is 4. The first-order chi connectivity index (χ1) is 21.6. The van der Waals surface area contributed by atoms with Crippen LogP contribution in [0.5, 0.6) is 0 Å². The van der Waals surface area contributed by atoms with Crippen molar-refractivity contribution in [3.05, 3.63) is 83.9 Å². The van der Waals surface area contributed by atoms with Gasteiger partial charge in [-0.15, -0.1) is 13.4 Å². The van der Waals surface area contributed by atoms with Crippen molar-refractivity contribution in [3.63, 3.8) is 0 Å². The number of fused-ring (bicyclic) bond motifs is 2. The Bertz CT molecular complexity index is 1990. The van der Waals surface area contributed by atoms with Crippen LogP contribution in [0.3, 0.4) is 0 Å². The maximum Gasteiger partial charge on any atom is 0.333 e. The monoisotopic (exact) mass is 675 g/mol. The van der Waals surface area contributed by atoms with E-state index in [9.17, 15) is 31.5 Å². The van der Waals surface area contributed by atoms with Gasteiger partial charge in [-0.25, -0.2) is 13.2 Å². The van der Waals surface area contributed by atoms with Crippen molar-refractivity contribution < 1.29 is 58.7 Å². The molecule has 1 aliphatic rings. The first-order valence-electron chi connectivity index (χ1n) is 13.4. The summed E-state index contributed by atoms with van der Waals surface area (Å²) < 4.78 is 64.8. The van der Waals surface area contributed by atoms with Gasteiger partial charge in [0.2, 0.25) is 11.0 Å². The molecule has 4 aromatic rings. The van der Waals surface area contributed by atoms with Crippen molar-refractivity contribution in [2.75, 3.05) is 7.11 Å². The fraction of sp³-hybridized carbons (Fsp3) is 0.207. The zero-order valence-electron chi connectivity index (χ0n) is 24.3. The minimum Gasteiger partial charge on any atom is -0.722 e. The number of nitrogens with zero attached hydrogens (tertiary/aromatic N) is 3. The van der Waals surface area contributed by atoms with Crippen LogP contribution in [0.15, 0.2) is 77.7 Å². The predicted molar refractivity (Wildman–Crippen MR) is 156 cm³/mol. The number of pyridine rings is 1. The Morgan fingerprint density at radius 2 is 1.37 bits per heavy atom. The molecule has 1 aromatic heterocycles. The highest BCUT2D eigenvalue weighted by molar-refractivity contribution is 7.89. The molecule has 3 amide bonds. The summed E-state index contributed by atoms with van der Waals surface area (Å²) in [5.41, 5.74) is 2.27. The average molecular weight is 676 g/mol. The second kappa shape index (κ2) is 13.7. The van der Waals surface area contributed by atoms with Crippen LogP contribution in [0, 0.1) is 0 Å². The lowest BCUT2D eigenvalue weighted by Gasteiger charge is -2.21. The van der Waals surface area contributed by atoms with Gasteiger partial charge >= 0.3 is 5.97 Å². The molecule has 0 N–H and O–H groups in total. The maximum atomic E-state index is 13.9. The Morgan fingerprint density at radius 1 is 0.891 bits per heavy atom. The number of hydroxylamine groups is 3. The van der Waals surface area contributed by atoms with Gasteiger partial charge in [0.25, 0.3) is 38.2 Å². The van der Waals surface area contributed by atoms with E-state index in [2.05, 4.69) is 0 Å². The number of imide groups is 1. The van der Waals surface area contributed by atoms with E-state index in [4.69, 9.17) is 22.6 Å². The van der Waals surface area contributed by atoms with Gasteiger partial charge in [0.05, 0.1) is 34.8 Å². The lowest BCUT2D eigenvalue weighted by molar-refractivity contribution is -0.617. The number of hydrogen-bond donors (Lipinski definition) is 0. The fourth-order valence-corrected chi connectivity index (χ4v) is 5.99. The average Bonchev–Trinajstić information content (AvgIpc) is 3.32. The van der Waals surface area contributed by atoms with Crippen molar-refractivity contribution >= 4 is 66.0 Å². The molecule has 0 spiro atoms. The Kier molecular flexibility index (Phi) is 10.1. The minimum absolute atomic E-state index is 0.00162. The van der Waals surface area contributed by atoms with Crippen LogP contribution >= 0.6 is 0 Å². The van der Waals surface area contributed by atoms with Crippen LogP contribution in [0.1, 0.15) is 35.2 Å². The molecule has 2 heterocycles. The van der Waals surface area contributed by atoms with Crippen molar-refractivity contribution in [3.8, 4) is 0 Å². The summed E-state index contributed by atoms with van der Waals surface area (Å²) in [6.07, 6.45) is 0.0233. The lowest BCUT2D eigenvalue weighted by Crippen LogP contribution is -2.38. The van der Waals surface area contributed by atoms with E-state index in [0.717, 1.165) is 18.1 Å². The highest BCUT2D eigenvalue weighted by atomic mass is 32.3. The highest BCUT2D eigenvalue weighted by Crippen LogP contribution is 2.28. The second-order valence-corrected chi connectivity index (χ2v) is 12.3. The number of aromatic nitrogens is 1.